The van der Waals surface area contributed by atoms with Crippen molar-refractivity contribution in [2.24, 2.45) is 21.7 Å². The van der Waals surface area contributed by atoms with Crippen LogP contribution in [0.2, 0.25) is 10.0 Å². The SMILES string of the molecule is CC(C)(C)CC[C@H](c1ccc(C(=O)NCc2nn[nH]n2)cc1)N1C(=O)C(c2cc(Cl)cc(Cl)c2)=NC12CCC(C(C)(C)C)CC2. The molecule has 2 heterocycles. The summed E-state index contributed by atoms with van der Waals surface area (Å²) in [4.78, 5) is 34.8. The Labute approximate surface area is 275 Å². The van der Waals surface area contributed by atoms with Crippen LogP contribution in [0.3, 0.4) is 0 Å². The van der Waals surface area contributed by atoms with Gasteiger partial charge in [-0.2, -0.15) is 5.21 Å². The number of nitrogens with zero attached hydrogens (tertiary/aromatic N) is 5. The zero-order chi connectivity index (χ0) is 32.6. The minimum Gasteiger partial charge on any atom is -0.345 e. The third-order valence-electron chi connectivity index (χ3n) is 9.17. The predicted molar refractivity (Wildman–Crippen MR) is 177 cm³/mol. The summed E-state index contributed by atoms with van der Waals surface area (Å²) < 4.78 is 0. The number of aromatic amines is 1. The summed E-state index contributed by atoms with van der Waals surface area (Å²) in [7, 11) is 0. The lowest BCUT2D eigenvalue weighted by Crippen LogP contribution is -2.51. The highest BCUT2D eigenvalue weighted by atomic mass is 35.5. The van der Waals surface area contributed by atoms with Crippen LogP contribution >= 0.6 is 23.2 Å². The van der Waals surface area contributed by atoms with E-state index in [9.17, 15) is 9.59 Å². The number of tetrazole rings is 1. The van der Waals surface area contributed by atoms with E-state index in [-0.39, 0.29) is 35.2 Å². The Balaban J connectivity index is 1.51. The first-order valence-corrected chi connectivity index (χ1v) is 16.4. The number of nitrogens with one attached hydrogen (secondary N) is 2. The van der Waals surface area contributed by atoms with Crippen LogP contribution in [0.4, 0.5) is 0 Å². The summed E-state index contributed by atoms with van der Waals surface area (Å²) in [6, 6.07) is 12.5. The van der Waals surface area contributed by atoms with Gasteiger partial charge in [-0.05, 0) is 91.2 Å². The van der Waals surface area contributed by atoms with Crippen LogP contribution in [0.1, 0.15) is 113 Å². The van der Waals surface area contributed by atoms with Crippen molar-refractivity contribution in [1.82, 2.24) is 30.8 Å². The highest BCUT2D eigenvalue weighted by Gasteiger charge is 2.52. The van der Waals surface area contributed by atoms with Gasteiger partial charge in [0.1, 0.15) is 11.4 Å². The normalized spacial score (nSPS) is 21.2. The maximum absolute atomic E-state index is 14.6. The van der Waals surface area contributed by atoms with Gasteiger partial charge in [-0.1, -0.05) is 82.1 Å². The Morgan fingerprint density at radius 3 is 2.24 bits per heavy atom. The Morgan fingerprint density at radius 2 is 1.69 bits per heavy atom. The van der Waals surface area contributed by atoms with Gasteiger partial charge in [-0.3, -0.25) is 14.6 Å². The van der Waals surface area contributed by atoms with E-state index in [1.165, 1.54) is 0 Å². The van der Waals surface area contributed by atoms with Crippen molar-refractivity contribution in [3.8, 4) is 0 Å². The van der Waals surface area contributed by atoms with Crippen LogP contribution in [0.15, 0.2) is 47.5 Å². The third kappa shape index (κ3) is 7.58. The van der Waals surface area contributed by atoms with E-state index in [1.54, 1.807) is 18.2 Å². The van der Waals surface area contributed by atoms with E-state index >= 15 is 0 Å². The Morgan fingerprint density at radius 1 is 1.04 bits per heavy atom. The van der Waals surface area contributed by atoms with Crippen LogP contribution in [-0.2, 0) is 11.3 Å². The first-order chi connectivity index (χ1) is 21.1. The highest BCUT2D eigenvalue weighted by molar-refractivity contribution is 6.47. The molecule has 2 amide bonds. The van der Waals surface area contributed by atoms with Crippen molar-refractivity contribution in [3.63, 3.8) is 0 Å². The van der Waals surface area contributed by atoms with Crippen LogP contribution in [0, 0.1) is 16.7 Å². The summed E-state index contributed by atoms with van der Waals surface area (Å²) in [5.74, 6) is 0.592. The maximum atomic E-state index is 14.6. The molecule has 1 atom stereocenters. The summed E-state index contributed by atoms with van der Waals surface area (Å²) in [5, 5.41) is 17.4. The zero-order valence-electron chi connectivity index (χ0n) is 27.0. The predicted octanol–water partition coefficient (Wildman–Crippen LogP) is 7.57. The maximum Gasteiger partial charge on any atom is 0.275 e. The van der Waals surface area contributed by atoms with Crippen molar-refractivity contribution in [3.05, 3.63) is 75.0 Å². The molecule has 2 aromatic carbocycles. The molecule has 3 aromatic rings. The monoisotopic (exact) mass is 651 g/mol. The smallest absolute Gasteiger partial charge is 0.275 e. The molecule has 9 nitrogen and oxygen atoms in total. The van der Waals surface area contributed by atoms with Crippen LogP contribution in [-0.4, -0.2) is 48.7 Å². The molecule has 1 fully saturated rings. The quantitative estimate of drug-likeness (QED) is 0.261. The number of rotatable bonds is 8. The van der Waals surface area contributed by atoms with Gasteiger partial charge in [0.15, 0.2) is 5.82 Å². The van der Waals surface area contributed by atoms with Gasteiger partial charge in [-0.15, -0.1) is 10.2 Å². The number of halogens is 2. The molecule has 0 unspecified atom stereocenters. The molecule has 2 aliphatic rings. The second kappa shape index (κ2) is 12.8. The molecule has 0 radical (unpaired) electrons. The number of hydrogen-bond acceptors (Lipinski definition) is 6. The first kappa shape index (κ1) is 33.1. The topological polar surface area (TPSA) is 116 Å². The molecule has 1 aromatic heterocycles. The van der Waals surface area contributed by atoms with Crippen LogP contribution in [0.5, 0.6) is 0 Å². The van der Waals surface area contributed by atoms with E-state index in [1.807, 2.05) is 29.2 Å². The molecule has 11 heteroatoms. The summed E-state index contributed by atoms with van der Waals surface area (Å²) >= 11 is 12.8. The van der Waals surface area contributed by atoms with Gasteiger partial charge in [0.25, 0.3) is 11.8 Å². The molecule has 1 saturated carbocycles. The first-order valence-electron chi connectivity index (χ1n) is 15.7. The van der Waals surface area contributed by atoms with Gasteiger partial charge in [0.2, 0.25) is 0 Å². The van der Waals surface area contributed by atoms with Gasteiger partial charge in [0, 0.05) is 21.2 Å². The number of benzene rings is 2. The fourth-order valence-corrected chi connectivity index (χ4v) is 7.14. The standard InChI is InChI=1S/C34H43Cl2N7O2/c1-32(2,3)14-13-27(21-7-9-22(10-8-21)30(44)37-20-28-39-41-42-40-28)43-31(45)29(23-17-25(35)19-26(36)18-23)38-34(43)15-11-24(12-16-34)33(4,5)6/h7-10,17-19,24,27H,11-16,20H2,1-6H3,(H,37,44)(H,39,40,41,42)/t24?,27-,34?/m1/s1. The van der Waals surface area contributed by atoms with E-state index in [0.717, 1.165) is 44.1 Å². The Kier molecular flexibility index (Phi) is 9.43. The largest absolute Gasteiger partial charge is 0.345 e. The van der Waals surface area contributed by atoms with Crippen LogP contribution < -0.4 is 5.32 Å². The van der Waals surface area contributed by atoms with Crippen molar-refractivity contribution < 1.29 is 9.59 Å². The number of carbonyl (C=O) groups is 2. The molecule has 2 N–H and O–H groups in total. The van der Waals surface area contributed by atoms with E-state index in [4.69, 9.17) is 28.2 Å². The van der Waals surface area contributed by atoms with E-state index in [0.29, 0.717) is 38.6 Å². The fourth-order valence-electron chi connectivity index (χ4n) is 6.61. The number of amides is 2. The zero-order valence-corrected chi connectivity index (χ0v) is 28.5. The second-order valence-electron chi connectivity index (χ2n) is 14.7. The van der Waals surface area contributed by atoms with Gasteiger partial charge < -0.3 is 10.2 Å². The number of aromatic nitrogens is 4. The van der Waals surface area contributed by atoms with E-state index in [2.05, 4.69) is 67.5 Å². The van der Waals surface area contributed by atoms with Gasteiger partial charge in [-0.25, -0.2) is 0 Å². The Bertz CT molecular complexity index is 1530. The lowest BCUT2D eigenvalue weighted by atomic mass is 9.69. The van der Waals surface area contributed by atoms with E-state index < -0.39 is 5.66 Å². The molecular formula is C34H43Cl2N7O2. The number of aliphatic imine (C=N–C) groups is 1. The average Bonchev–Trinajstić information content (AvgIpc) is 3.58. The number of carbonyl (C=O) groups excluding carboxylic acids is 2. The lowest BCUT2D eigenvalue weighted by Gasteiger charge is -2.47. The Hall–Kier alpha value is -3.30. The van der Waals surface area contributed by atoms with Crippen LogP contribution in [0.25, 0.3) is 0 Å². The molecule has 1 aliphatic heterocycles. The molecule has 1 spiro atoms. The summed E-state index contributed by atoms with van der Waals surface area (Å²) in [6.45, 7) is 13.7. The molecule has 0 bridgehead atoms. The summed E-state index contributed by atoms with van der Waals surface area (Å²) in [6.07, 6.45) is 5.16. The van der Waals surface area contributed by atoms with Crippen molar-refractivity contribution >= 4 is 40.7 Å². The number of hydrogen-bond donors (Lipinski definition) is 2. The molecule has 5 rings (SSSR count). The minimum atomic E-state index is -0.674. The summed E-state index contributed by atoms with van der Waals surface area (Å²) in [5.41, 5.74) is 2.08. The van der Waals surface area contributed by atoms with Crippen molar-refractivity contribution in [1.29, 1.82) is 0 Å². The molecule has 1 aliphatic carbocycles. The fraction of sp³-hybridized carbons (Fsp3) is 0.529. The minimum absolute atomic E-state index is 0.0528. The van der Waals surface area contributed by atoms with Gasteiger partial charge >= 0.3 is 0 Å². The molecular weight excluding hydrogens is 609 g/mol. The van der Waals surface area contributed by atoms with Crippen molar-refractivity contribution in [2.75, 3.05) is 0 Å². The molecule has 0 saturated heterocycles. The average molecular weight is 653 g/mol. The highest BCUT2D eigenvalue weighted by Crippen LogP contribution is 2.50. The second-order valence-corrected chi connectivity index (χ2v) is 15.5. The lowest BCUT2D eigenvalue weighted by molar-refractivity contribution is -0.134. The van der Waals surface area contributed by atoms with Crippen molar-refractivity contribution in [2.45, 2.75) is 98.3 Å². The number of H-pyrrole nitrogens is 1. The molecule has 45 heavy (non-hydrogen) atoms. The molecule has 240 valence electrons. The third-order valence-corrected chi connectivity index (χ3v) is 9.61. The van der Waals surface area contributed by atoms with Gasteiger partial charge in [0.05, 0.1) is 12.6 Å².